The summed E-state index contributed by atoms with van der Waals surface area (Å²) in [4.78, 5) is 11.7. The highest BCUT2D eigenvalue weighted by Crippen LogP contribution is 2.12. The fraction of sp³-hybridized carbons (Fsp3) is 0.333. The molecule has 0 unspecified atom stereocenters. The lowest BCUT2D eigenvalue weighted by molar-refractivity contribution is 0.0951. The van der Waals surface area contributed by atoms with Gasteiger partial charge in [-0.25, -0.2) is 0 Å². The van der Waals surface area contributed by atoms with Crippen LogP contribution in [0.5, 0.6) is 5.75 Å². The van der Waals surface area contributed by atoms with E-state index in [1.807, 2.05) is 31.2 Å². The molecular formula is C15H19N3O2. The van der Waals surface area contributed by atoms with E-state index in [0.29, 0.717) is 18.7 Å². The summed E-state index contributed by atoms with van der Waals surface area (Å²) in [5, 5.41) is 6.80. The average Bonchev–Trinajstić information content (AvgIpc) is 2.85. The van der Waals surface area contributed by atoms with Gasteiger partial charge in [-0.3, -0.25) is 9.48 Å². The molecule has 0 saturated carbocycles. The van der Waals surface area contributed by atoms with E-state index in [1.165, 1.54) is 5.56 Å². The average molecular weight is 273 g/mol. The van der Waals surface area contributed by atoms with Gasteiger partial charge in [0.05, 0.1) is 18.4 Å². The number of hydrogen-bond donors (Lipinski definition) is 1. The first-order valence-corrected chi connectivity index (χ1v) is 6.61. The van der Waals surface area contributed by atoms with Gasteiger partial charge in [0.15, 0.2) is 0 Å². The van der Waals surface area contributed by atoms with E-state index >= 15 is 0 Å². The van der Waals surface area contributed by atoms with Crippen molar-refractivity contribution in [3.8, 4) is 5.75 Å². The Bertz CT molecular complexity index is 578. The molecule has 1 aromatic carbocycles. The molecule has 1 aromatic heterocycles. The number of amides is 1. The minimum Gasteiger partial charge on any atom is -0.494 e. The molecule has 0 atom stereocenters. The van der Waals surface area contributed by atoms with E-state index in [1.54, 1.807) is 24.1 Å². The lowest BCUT2D eigenvalue weighted by Gasteiger charge is -2.07. The van der Waals surface area contributed by atoms with E-state index in [9.17, 15) is 4.79 Å². The van der Waals surface area contributed by atoms with Gasteiger partial charge in [-0.2, -0.15) is 5.10 Å². The smallest absolute Gasteiger partial charge is 0.254 e. The molecule has 1 amide bonds. The van der Waals surface area contributed by atoms with E-state index in [2.05, 4.69) is 10.4 Å². The number of aryl methyl sites for hydroxylation is 2. The summed E-state index contributed by atoms with van der Waals surface area (Å²) in [5.74, 6) is 0.761. The van der Waals surface area contributed by atoms with E-state index in [0.717, 1.165) is 12.2 Å². The predicted molar refractivity (Wildman–Crippen MR) is 76.8 cm³/mol. The summed E-state index contributed by atoms with van der Waals surface area (Å²) in [7, 11) is 1.78. The van der Waals surface area contributed by atoms with Crippen molar-refractivity contribution >= 4 is 5.91 Å². The number of ether oxygens (including phenoxy) is 1. The summed E-state index contributed by atoms with van der Waals surface area (Å²) in [6, 6.07) is 7.92. The number of rotatable bonds is 6. The first-order chi connectivity index (χ1) is 9.65. The summed E-state index contributed by atoms with van der Waals surface area (Å²) >= 11 is 0. The Hall–Kier alpha value is -2.30. The molecule has 0 aliphatic heterocycles. The molecule has 0 bridgehead atoms. The molecule has 0 saturated heterocycles. The van der Waals surface area contributed by atoms with Crippen LogP contribution in [0.4, 0.5) is 0 Å². The van der Waals surface area contributed by atoms with Crippen molar-refractivity contribution in [3.05, 3.63) is 47.8 Å². The molecule has 1 heterocycles. The highest BCUT2D eigenvalue weighted by Gasteiger charge is 2.06. The molecule has 0 aliphatic carbocycles. The highest BCUT2D eigenvalue weighted by molar-refractivity contribution is 5.93. The van der Waals surface area contributed by atoms with Crippen molar-refractivity contribution in [1.29, 1.82) is 0 Å². The number of carbonyl (C=O) groups is 1. The van der Waals surface area contributed by atoms with E-state index in [-0.39, 0.29) is 5.91 Å². The van der Waals surface area contributed by atoms with Crippen molar-refractivity contribution in [2.24, 2.45) is 7.05 Å². The number of aromatic nitrogens is 2. The molecule has 106 valence electrons. The van der Waals surface area contributed by atoms with Crippen LogP contribution in [0.2, 0.25) is 0 Å². The van der Waals surface area contributed by atoms with Gasteiger partial charge in [-0.05, 0) is 31.0 Å². The van der Waals surface area contributed by atoms with Gasteiger partial charge in [0, 0.05) is 19.8 Å². The fourth-order valence-electron chi connectivity index (χ4n) is 1.81. The third-order valence-corrected chi connectivity index (χ3v) is 2.83. The second-order valence-electron chi connectivity index (χ2n) is 4.68. The molecule has 20 heavy (non-hydrogen) atoms. The Morgan fingerprint density at radius 3 is 3.00 bits per heavy atom. The molecule has 1 N–H and O–H groups in total. The summed E-state index contributed by atoms with van der Waals surface area (Å²) in [5.41, 5.74) is 1.75. The van der Waals surface area contributed by atoms with E-state index in [4.69, 9.17) is 4.74 Å². The Kier molecular flexibility index (Phi) is 4.76. The molecule has 0 fully saturated rings. The molecular weight excluding hydrogens is 254 g/mol. The van der Waals surface area contributed by atoms with Gasteiger partial charge in [-0.1, -0.05) is 12.1 Å². The molecule has 5 heteroatoms. The van der Waals surface area contributed by atoms with Crippen LogP contribution in [0.3, 0.4) is 0 Å². The van der Waals surface area contributed by atoms with Gasteiger partial charge in [0.1, 0.15) is 5.75 Å². The lowest BCUT2D eigenvalue weighted by atomic mass is 10.2. The van der Waals surface area contributed by atoms with E-state index < -0.39 is 0 Å². The molecule has 0 radical (unpaired) electrons. The zero-order chi connectivity index (χ0) is 14.4. The quantitative estimate of drug-likeness (QED) is 0.818. The molecule has 2 aromatic rings. The maximum atomic E-state index is 11.7. The maximum absolute atomic E-state index is 11.7. The molecule has 0 aliphatic rings. The van der Waals surface area contributed by atoms with Gasteiger partial charge < -0.3 is 10.1 Å². The second-order valence-corrected chi connectivity index (χ2v) is 4.68. The first-order valence-electron chi connectivity index (χ1n) is 6.61. The fourth-order valence-corrected chi connectivity index (χ4v) is 1.81. The molecule has 2 rings (SSSR count). The van der Waals surface area contributed by atoms with Crippen molar-refractivity contribution in [1.82, 2.24) is 15.1 Å². The van der Waals surface area contributed by atoms with Crippen LogP contribution >= 0.6 is 0 Å². The highest BCUT2D eigenvalue weighted by atomic mass is 16.5. The van der Waals surface area contributed by atoms with Crippen molar-refractivity contribution in [2.75, 3.05) is 13.2 Å². The van der Waals surface area contributed by atoms with Gasteiger partial charge in [-0.15, -0.1) is 0 Å². The molecule has 0 spiro atoms. The third kappa shape index (κ3) is 4.12. The van der Waals surface area contributed by atoms with Crippen LogP contribution in [-0.4, -0.2) is 28.8 Å². The van der Waals surface area contributed by atoms with Crippen LogP contribution in [-0.2, 0) is 7.05 Å². The Morgan fingerprint density at radius 1 is 1.45 bits per heavy atom. The Labute approximate surface area is 118 Å². The maximum Gasteiger partial charge on any atom is 0.254 e. The van der Waals surface area contributed by atoms with Gasteiger partial charge in [0.25, 0.3) is 5.91 Å². The second kappa shape index (κ2) is 6.75. The van der Waals surface area contributed by atoms with Gasteiger partial charge >= 0.3 is 0 Å². The zero-order valence-corrected chi connectivity index (χ0v) is 11.8. The minimum atomic E-state index is -0.103. The van der Waals surface area contributed by atoms with Crippen LogP contribution in [0.25, 0.3) is 0 Å². The normalized spacial score (nSPS) is 10.3. The minimum absolute atomic E-state index is 0.103. The number of benzene rings is 1. The largest absolute Gasteiger partial charge is 0.494 e. The standard InChI is InChI=1S/C15H19N3O2/c1-12-5-3-6-14(9-12)20-8-4-7-16-15(19)13-10-17-18(2)11-13/h3,5-6,9-11H,4,7-8H2,1-2H3,(H,16,19). The Morgan fingerprint density at radius 2 is 2.30 bits per heavy atom. The monoisotopic (exact) mass is 273 g/mol. The van der Waals surface area contributed by atoms with Crippen molar-refractivity contribution in [2.45, 2.75) is 13.3 Å². The van der Waals surface area contributed by atoms with Crippen LogP contribution in [0.1, 0.15) is 22.3 Å². The SMILES string of the molecule is Cc1cccc(OCCCNC(=O)c2cnn(C)c2)c1. The third-order valence-electron chi connectivity index (χ3n) is 2.83. The van der Waals surface area contributed by atoms with Gasteiger partial charge in [0.2, 0.25) is 0 Å². The van der Waals surface area contributed by atoms with Crippen molar-refractivity contribution in [3.63, 3.8) is 0 Å². The number of nitrogens with one attached hydrogen (secondary N) is 1. The predicted octanol–water partition coefficient (Wildman–Crippen LogP) is 1.93. The lowest BCUT2D eigenvalue weighted by Crippen LogP contribution is -2.25. The summed E-state index contributed by atoms with van der Waals surface area (Å²) in [6.45, 7) is 3.19. The van der Waals surface area contributed by atoms with Crippen LogP contribution in [0, 0.1) is 6.92 Å². The number of carbonyl (C=O) groups excluding carboxylic acids is 1. The zero-order valence-electron chi connectivity index (χ0n) is 11.8. The molecule has 5 nitrogen and oxygen atoms in total. The topological polar surface area (TPSA) is 56.1 Å². The summed E-state index contributed by atoms with van der Waals surface area (Å²) in [6.07, 6.45) is 4.01. The first kappa shape index (κ1) is 14.1. The summed E-state index contributed by atoms with van der Waals surface area (Å²) < 4.78 is 7.22. The van der Waals surface area contributed by atoms with Crippen LogP contribution < -0.4 is 10.1 Å². The van der Waals surface area contributed by atoms with Crippen molar-refractivity contribution < 1.29 is 9.53 Å². The van der Waals surface area contributed by atoms with Crippen LogP contribution in [0.15, 0.2) is 36.7 Å². The Balaban J connectivity index is 1.65. The number of nitrogens with zero attached hydrogens (tertiary/aromatic N) is 2. The number of hydrogen-bond acceptors (Lipinski definition) is 3.